The van der Waals surface area contributed by atoms with Crippen LogP contribution in [0.4, 0.5) is 6.01 Å². The Hall–Kier alpha value is -3.97. The zero-order valence-electron chi connectivity index (χ0n) is 15.4. The van der Waals surface area contributed by atoms with Crippen molar-refractivity contribution in [1.29, 1.82) is 0 Å². The molecule has 0 aliphatic heterocycles. The van der Waals surface area contributed by atoms with Gasteiger partial charge < -0.3 is 8.83 Å². The number of aromatic nitrogens is 3. The van der Waals surface area contributed by atoms with Gasteiger partial charge in [-0.25, -0.2) is 4.98 Å². The second-order valence-electron chi connectivity index (χ2n) is 6.40. The fraction of sp³-hybridized carbons (Fsp3) is 0. The van der Waals surface area contributed by atoms with E-state index in [1.54, 1.807) is 36.4 Å². The Labute approximate surface area is 175 Å². The van der Waals surface area contributed by atoms with Gasteiger partial charge in [-0.1, -0.05) is 59.2 Å². The second kappa shape index (κ2) is 7.46. The van der Waals surface area contributed by atoms with E-state index in [4.69, 9.17) is 20.4 Å². The van der Waals surface area contributed by atoms with E-state index in [1.165, 1.54) is 6.26 Å². The lowest BCUT2D eigenvalue weighted by atomic mass is 10.0. The lowest BCUT2D eigenvalue weighted by Crippen LogP contribution is -2.13. The number of carbonyl (C=O) groups is 1. The Bertz CT molecular complexity index is 1350. The molecule has 7 nitrogen and oxygen atoms in total. The predicted octanol–water partition coefficient (Wildman–Crippen LogP) is 5.45. The van der Waals surface area contributed by atoms with E-state index in [2.05, 4.69) is 20.5 Å². The Kier molecular flexibility index (Phi) is 4.49. The van der Waals surface area contributed by atoms with Crippen molar-refractivity contribution in [3.63, 3.8) is 0 Å². The number of nitrogens with zero attached hydrogens (tertiary/aromatic N) is 3. The standard InChI is InChI=1S/C22H13ClN4O3/c23-16-9-4-8-14-15(12-17(24-19(14)16)13-6-2-1-3-7-13)20(28)25-22-27-26-21(30-22)18-10-5-11-29-18/h1-12H,(H,25,27,28). The molecule has 0 unspecified atom stereocenters. The number of furan rings is 1. The van der Waals surface area contributed by atoms with Gasteiger partial charge in [0.25, 0.3) is 11.8 Å². The Morgan fingerprint density at radius 2 is 1.83 bits per heavy atom. The van der Waals surface area contributed by atoms with E-state index in [-0.39, 0.29) is 11.9 Å². The number of carbonyl (C=O) groups excluding carboxylic acids is 1. The first-order valence-corrected chi connectivity index (χ1v) is 9.40. The molecule has 3 aromatic heterocycles. The van der Waals surface area contributed by atoms with Gasteiger partial charge in [0.15, 0.2) is 5.76 Å². The van der Waals surface area contributed by atoms with Crippen LogP contribution in [0.3, 0.4) is 0 Å². The van der Waals surface area contributed by atoms with Crippen LogP contribution >= 0.6 is 11.6 Å². The van der Waals surface area contributed by atoms with Crippen LogP contribution in [0.1, 0.15) is 10.4 Å². The molecule has 30 heavy (non-hydrogen) atoms. The zero-order chi connectivity index (χ0) is 20.5. The van der Waals surface area contributed by atoms with Gasteiger partial charge in [0.05, 0.1) is 28.1 Å². The van der Waals surface area contributed by atoms with E-state index in [0.717, 1.165) is 5.56 Å². The average Bonchev–Trinajstić information content (AvgIpc) is 3.46. The van der Waals surface area contributed by atoms with Crippen molar-refractivity contribution in [2.75, 3.05) is 5.32 Å². The summed E-state index contributed by atoms with van der Waals surface area (Å²) in [5, 5.41) is 11.5. The van der Waals surface area contributed by atoms with Crippen LogP contribution in [0.25, 0.3) is 33.8 Å². The number of nitrogens with one attached hydrogen (secondary N) is 1. The first kappa shape index (κ1) is 18.1. The molecule has 8 heteroatoms. The van der Waals surface area contributed by atoms with Crippen molar-refractivity contribution in [1.82, 2.24) is 15.2 Å². The molecule has 1 N–H and O–H groups in total. The number of anilines is 1. The summed E-state index contributed by atoms with van der Waals surface area (Å²) in [6.07, 6.45) is 1.50. The van der Waals surface area contributed by atoms with Crippen molar-refractivity contribution < 1.29 is 13.6 Å². The van der Waals surface area contributed by atoms with Crippen LogP contribution in [-0.4, -0.2) is 21.1 Å². The van der Waals surface area contributed by atoms with Crippen LogP contribution < -0.4 is 5.32 Å². The summed E-state index contributed by atoms with van der Waals surface area (Å²) in [5.41, 5.74) is 2.42. The van der Waals surface area contributed by atoms with Crippen molar-refractivity contribution in [3.05, 3.63) is 83.6 Å². The minimum absolute atomic E-state index is 0.0420. The smallest absolute Gasteiger partial charge is 0.322 e. The van der Waals surface area contributed by atoms with Gasteiger partial charge in [0.1, 0.15) is 0 Å². The molecule has 3 heterocycles. The molecule has 2 aromatic carbocycles. The highest BCUT2D eigenvalue weighted by atomic mass is 35.5. The number of benzene rings is 2. The lowest BCUT2D eigenvalue weighted by Gasteiger charge is -2.10. The van der Waals surface area contributed by atoms with E-state index in [0.29, 0.717) is 32.9 Å². The summed E-state index contributed by atoms with van der Waals surface area (Å²) >= 11 is 6.37. The first-order chi connectivity index (χ1) is 14.7. The summed E-state index contributed by atoms with van der Waals surface area (Å²) in [7, 11) is 0. The molecule has 0 aliphatic carbocycles. The maximum Gasteiger partial charge on any atom is 0.322 e. The van der Waals surface area contributed by atoms with Crippen molar-refractivity contribution in [2.45, 2.75) is 0 Å². The summed E-state index contributed by atoms with van der Waals surface area (Å²) in [6, 6.07) is 19.9. The number of hydrogen-bond acceptors (Lipinski definition) is 6. The normalized spacial score (nSPS) is 11.0. The third kappa shape index (κ3) is 3.31. The fourth-order valence-electron chi connectivity index (χ4n) is 3.10. The SMILES string of the molecule is O=C(Nc1nnc(-c2ccco2)o1)c1cc(-c2ccccc2)nc2c(Cl)cccc12. The van der Waals surface area contributed by atoms with Crippen LogP contribution in [-0.2, 0) is 0 Å². The van der Waals surface area contributed by atoms with Crippen LogP contribution in [0.15, 0.2) is 81.8 Å². The van der Waals surface area contributed by atoms with Gasteiger partial charge in [0.2, 0.25) is 0 Å². The highest BCUT2D eigenvalue weighted by Crippen LogP contribution is 2.30. The molecule has 0 fully saturated rings. The molecular formula is C22H13ClN4O3. The van der Waals surface area contributed by atoms with Crippen molar-refractivity contribution in [3.8, 4) is 22.9 Å². The van der Waals surface area contributed by atoms with E-state index in [1.807, 2.05) is 30.3 Å². The Balaban J connectivity index is 1.56. The summed E-state index contributed by atoms with van der Waals surface area (Å²) in [6.45, 7) is 0. The highest BCUT2D eigenvalue weighted by Gasteiger charge is 2.18. The molecule has 0 aliphatic rings. The number of amides is 1. The van der Waals surface area contributed by atoms with Gasteiger partial charge >= 0.3 is 6.01 Å². The largest absolute Gasteiger partial charge is 0.459 e. The molecule has 0 atom stereocenters. The average molecular weight is 417 g/mol. The van der Waals surface area contributed by atoms with Gasteiger partial charge in [-0.2, -0.15) is 0 Å². The summed E-state index contributed by atoms with van der Waals surface area (Å²) in [5.74, 6) is 0.162. The molecule has 0 saturated heterocycles. The number of rotatable bonds is 4. The van der Waals surface area contributed by atoms with Gasteiger partial charge in [-0.3, -0.25) is 10.1 Å². The van der Waals surface area contributed by atoms with Crippen molar-refractivity contribution in [2.24, 2.45) is 0 Å². The fourth-order valence-corrected chi connectivity index (χ4v) is 3.31. The third-order valence-electron chi connectivity index (χ3n) is 4.48. The van der Waals surface area contributed by atoms with Crippen LogP contribution in [0, 0.1) is 0 Å². The first-order valence-electron chi connectivity index (χ1n) is 9.02. The Morgan fingerprint density at radius 3 is 2.63 bits per heavy atom. The molecule has 5 rings (SSSR count). The monoisotopic (exact) mass is 416 g/mol. The van der Waals surface area contributed by atoms with Gasteiger partial charge in [0, 0.05) is 10.9 Å². The molecule has 0 spiro atoms. The molecule has 146 valence electrons. The molecule has 0 radical (unpaired) electrons. The quantitative estimate of drug-likeness (QED) is 0.418. The molecule has 1 amide bonds. The number of fused-ring (bicyclic) bond motifs is 1. The molecule has 0 saturated carbocycles. The molecule has 0 bridgehead atoms. The van der Waals surface area contributed by atoms with E-state index >= 15 is 0 Å². The van der Waals surface area contributed by atoms with Crippen LogP contribution in [0.5, 0.6) is 0 Å². The number of pyridine rings is 1. The van der Waals surface area contributed by atoms with Gasteiger partial charge in [-0.15, -0.1) is 5.10 Å². The molecular weight excluding hydrogens is 404 g/mol. The lowest BCUT2D eigenvalue weighted by molar-refractivity contribution is 0.102. The third-order valence-corrected chi connectivity index (χ3v) is 4.79. The summed E-state index contributed by atoms with van der Waals surface area (Å²) < 4.78 is 10.7. The van der Waals surface area contributed by atoms with Crippen LogP contribution in [0.2, 0.25) is 5.02 Å². The molecule has 5 aromatic rings. The second-order valence-corrected chi connectivity index (χ2v) is 6.81. The Morgan fingerprint density at radius 1 is 0.967 bits per heavy atom. The van der Waals surface area contributed by atoms with Gasteiger partial charge in [-0.05, 0) is 24.3 Å². The zero-order valence-corrected chi connectivity index (χ0v) is 16.1. The van der Waals surface area contributed by atoms with E-state index in [9.17, 15) is 4.79 Å². The predicted molar refractivity (Wildman–Crippen MR) is 112 cm³/mol. The minimum atomic E-state index is -0.420. The maximum absolute atomic E-state index is 13.1. The highest BCUT2D eigenvalue weighted by molar-refractivity contribution is 6.35. The minimum Gasteiger partial charge on any atom is -0.459 e. The number of hydrogen-bond donors (Lipinski definition) is 1. The maximum atomic E-state index is 13.1. The topological polar surface area (TPSA) is 94.1 Å². The number of para-hydroxylation sites is 1. The number of halogens is 1. The van der Waals surface area contributed by atoms with E-state index < -0.39 is 5.91 Å². The summed E-state index contributed by atoms with van der Waals surface area (Å²) in [4.78, 5) is 17.7. The van der Waals surface area contributed by atoms with Crippen molar-refractivity contribution >= 4 is 34.4 Å².